The molecule has 0 saturated carbocycles. The van der Waals surface area contributed by atoms with Gasteiger partial charge in [-0.15, -0.1) is 0 Å². The van der Waals surface area contributed by atoms with Gasteiger partial charge in [-0.25, -0.2) is 0 Å². The van der Waals surface area contributed by atoms with Crippen LogP contribution in [0.25, 0.3) is 122 Å². The lowest BCUT2D eigenvalue weighted by molar-refractivity contribution is 0.660. The van der Waals surface area contributed by atoms with E-state index in [1.807, 2.05) is 12.1 Å². The molecule has 0 fully saturated rings. The Kier molecular flexibility index (Phi) is 12.1. The number of hydrogen-bond donors (Lipinski definition) is 0. The van der Waals surface area contributed by atoms with Crippen LogP contribution >= 0.6 is 0 Å². The Balaban J connectivity index is 0.831. The average Bonchev–Trinajstić information content (AvgIpc) is 1.50. The molecule has 0 amide bonds. The van der Waals surface area contributed by atoms with E-state index in [0.29, 0.717) is 0 Å². The summed E-state index contributed by atoms with van der Waals surface area (Å²) < 4.78 is 13.4. The third-order valence-electron chi connectivity index (χ3n) is 23.1. The molecule has 0 bridgehead atoms. The van der Waals surface area contributed by atoms with Gasteiger partial charge in [-0.05, 0) is 190 Å². The number of rotatable bonds is 9. The molecule has 17 aromatic rings. The summed E-state index contributed by atoms with van der Waals surface area (Å²) >= 11 is 0. The van der Waals surface area contributed by atoms with Crippen LogP contribution in [0, 0.1) is 0 Å². The van der Waals surface area contributed by atoms with E-state index in [4.69, 9.17) is 8.83 Å². The fourth-order valence-corrected chi connectivity index (χ4v) is 18.5. The number of anilines is 6. The second-order valence-corrected chi connectivity index (χ2v) is 29.0. The van der Waals surface area contributed by atoms with Crippen LogP contribution < -0.4 is 9.80 Å². The maximum absolute atomic E-state index is 6.72. The Hall–Kier alpha value is -12.5. The molecular formula is C97H66N2O2. The largest absolute Gasteiger partial charge is 0.455 e. The summed E-state index contributed by atoms with van der Waals surface area (Å²) in [6.07, 6.45) is 0. The number of benzene rings is 15. The molecule has 476 valence electrons. The number of para-hydroxylation sites is 4. The Morgan fingerprint density at radius 2 is 0.554 bits per heavy atom. The maximum Gasteiger partial charge on any atom is 0.143 e. The fourth-order valence-electron chi connectivity index (χ4n) is 18.5. The van der Waals surface area contributed by atoms with E-state index in [2.05, 4.69) is 353 Å². The van der Waals surface area contributed by atoms with Gasteiger partial charge >= 0.3 is 0 Å². The predicted molar refractivity (Wildman–Crippen MR) is 418 cm³/mol. The molecule has 4 aliphatic carbocycles. The van der Waals surface area contributed by atoms with Gasteiger partial charge < -0.3 is 18.6 Å². The van der Waals surface area contributed by atoms with E-state index in [-0.39, 0.29) is 10.8 Å². The minimum atomic E-state index is -0.542. The Labute approximate surface area is 586 Å². The molecule has 101 heavy (non-hydrogen) atoms. The highest BCUT2D eigenvalue weighted by Crippen LogP contribution is 2.65. The molecule has 4 aliphatic rings. The van der Waals surface area contributed by atoms with E-state index >= 15 is 0 Å². The van der Waals surface area contributed by atoms with Crippen molar-refractivity contribution >= 4 is 78.0 Å². The lowest BCUT2D eigenvalue weighted by Crippen LogP contribution is -2.25. The minimum absolute atomic E-state index is 0.263. The standard InChI is InChI=1S/C97H66N2O2/c1-95(2)82-34-12-5-22-71(82)75-52-50-64(57-88(75)95)98(62-46-42-59(43-47-62)69-30-19-32-79-77-26-10-17-40-90(77)100-93(69)79)66-54-61(68-29-21-39-87-92(68)81-28-9-16-38-86(81)97(87)84-36-14-7-24-73(84)74-25-8-15-37-85(74)97)55-67(56-66)99(65-51-53-76-72-23-6-13-35-83(72)96(3,4)89(76)58-65)63-48-44-60(45-49-63)70-31-20-33-80-78-27-11-18-41-91(78)101-94(70)80/h5-58H,1-4H3. The predicted octanol–water partition coefficient (Wildman–Crippen LogP) is 26.4. The first-order valence-corrected chi connectivity index (χ1v) is 35.3. The van der Waals surface area contributed by atoms with Gasteiger partial charge in [0.05, 0.1) is 5.41 Å². The summed E-state index contributed by atoms with van der Waals surface area (Å²) in [5.74, 6) is 0. The van der Waals surface area contributed by atoms with E-state index in [1.54, 1.807) is 0 Å². The number of nitrogens with zero attached hydrogens (tertiary/aromatic N) is 2. The lowest BCUT2D eigenvalue weighted by atomic mass is 9.70. The zero-order chi connectivity index (χ0) is 67.0. The van der Waals surface area contributed by atoms with Crippen LogP contribution in [-0.4, -0.2) is 0 Å². The van der Waals surface area contributed by atoms with Gasteiger partial charge in [0.15, 0.2) is 0 Å². The Bertz CT molecular complexity index is 6020. The van der Waals surface area contributed by atoms with Crippen LogP contribution in [0.2, 0.25) is 0 Å². The molecule has 1 spiro atoms. The van der Waals surface area contributed by atoms with Gasteiger partial charge in [0.25, 0.3) is 0 Å². The summed E-state index contributed by atoms with van der Waals surface area (Å²) in [4.78, 5) is 5.02. The van der Waals surface area contributed by atoms with Crippen molar-refractivity contribution in [1.82, 2.24) is 0 Å². The summed E-state index contributed by atoms with van der Waals surface area (Å²) in [5, 5.41) is 4.45. The quantitative estimate of drug-likeness (QED) is 0.144. The highest BCUT2D eigenvalue weighted by atomic mass is 16.3. The van der Waals surface area contributed by atoms with Crippen LogP contribution in [0.15, 0.2) is 336 Å². The zero-order valence-electron chi connectivity index (χ0n) is 56.4. The maximum atomic E-state index is 6.72. The van der Waals surface area contributed by atoms with Crippen molar-refractivity contribution in [3.05, 3.63) is 372 Å². The summed E-state index contributed by atoms with van der Waals surface area (Å²) in [5.41, 5.74) is 35.9. The summed E-state index contributed by atoms with van der Waals surface area (Å²) in [6, 6.07) is 122. The van der Waals surface area contributed by atoms with E-state index in [9.17, 15) is 0 Å². The van der Waals surface area contributed by atoms with Crippen LogP contribution in [0.4, 0.5) is 34.1 Å². The van der Waals surface area contributed by atoms with Crippen molar-refractivity contribution in [2.75, 3.05) is 9.80 Å². The molecule has 0 unspecified atom stereocenters. The van der Waals surface area contributed by atoms with Crippen LogP contribution in [-0.2, 0) is 16.2 Å². The second kappa shape index (κ2) is 21.3. The van der Waals surface area contributed by atoms with Crippen LogP contribution in [0.3, 0.4) is 0 Å². The number of fused-ring (bicyclic) bond motifs is 22. The van der Waals surface area contributed by atoms with Crippen LogP contribution in [0.5, 0.6) is 0 Å². The third kappa shape index (κ3) is 8.13. The van der Waals surface area contributed by atoms with E-state index < -0.39 is 5.41 Å². The molecule has 0 radical (unpaired) electrons. The molecule has 2 heterocycles. The van der Waals surface area contributed by atoms with Gasteiger partial charge in [0.2, 0.25) is 0 Å². The van der Waals surface area contributed by atoms with Gasteiger partial charge in [-0.2, -0.15) is 0 Å². The molecule has 4 nitrogen and oxygen atoms in total. The first-order valence-electron chi connectivity index (χ1n) is 35.3. The van der Waals surface area contributed by atoms with Gasteiger partial charge in [0, 0.05) is 77.6 Å². The topological polar surface area (TPSA) is 32.8 Å². The molecule has 2 aromatic heterocycles. The van der Waals surface area contributed by atoms with Crippen molar-refractivity contribution in [3.63, 3.8) is 0 Å². The summed E-state index contributed by atoms with van der Waals surface area (Å²) in [6.45, 7) is 9.54. The molecular weight excluding hydrogens is 1230 g/mol. The SMILES string of the molecule is CC1(C)c2ccccc2-c2ccc(N(c3ccc(-c4cccc5c4oc4ccccc45)cc3)c3cc(-c4cccc5c4-c4ccccc4C54c5ccccc5-c5ccccc54)cc(N(c4ccc(-c5cccc6c5oc5ccccc56)cc4)c4ccc5c(c4)C(C)(C)c4ccccc4-5)c3)cc21. The summed E-state index contributed by atoms with van der Waals surface area (Å²) in [7, 11) is 0. The molecule has 0 aliphatic heterocycles. The Morgan fingerprint density at radius 1 is 0.218 bits per heavy atom. The first kappa shape index (κ1) is 57.6. The van der Waals surface area contributed by atoms with Crippen molar-refractivity contribution in [2.24, 2.45) is 0 Å². The van der Waals surface area contributed by atoms with Gasteiger partial charge in [-0.1, -0.05) is 276 Å². The highest BCUT2D eigenvalue weighted by molar-refractivity contribution is 6.11. The normalized spacial score (nSPS) is 14.2. The minimum Gasteiger partial charge on any atom is -0.455 e. The molecule has 4 heteroatoms. The lowest BCUT2D eigenvalue weighted by Gasteiger charge is -2.32. The van der Waals surface area contributed by atoms with Crippen molar-refractivity contribution in [2.45, 2.75) is 43.9 Å². The third-order valence-corrected chi connectivity index (χ3v) is 23.1. The highest BCUT2D eigenvalue weighted by Gasteiger charge is 2.52. The monoisotopic (exact) mass is 1290 g/mol. The first-order chi connectivity index (χ1) is 49.6. The molecule has 0 atom stereocenters. The molecule has 15 aromatic carbocycles. The van der Waals surface area contributed by atoms with Crippen LogP contribution in [0.1, 0.15) is 72.2 Å². The van der Waals surface area contributed by atoms with Gasteiger partial charge in [0.1, 0.15) is 22.3 Å². The molecule has 21 rings (SSSR count). The number of furan rings is 2. The smallest absolute Gasteiger partial charge is 0.143 e. The van der Waals surface area contributed by atoms with Crippen molar-refractivity contribution in [1.29, 1.82) is 0 Å². The van der Waals surface area contributed by atoms with Crippen molar-refractivity contribution in [3.8, 4) is 77.9 Å². The van der Waals surface area contributed by atoms with Crippen molar-refractivity contribution < 1.29 is 8.83 Å². The Morgan fingerprint density at radius 3 is 1.03 bits per heavy atom. The number of hydrogen-bond acceptors (Lipinski definition) is 4. The molecule has 0 saturated heterocycles. The fraction of sp³-hybridized carbons (Fsp3) is 0.0722. The molecule has 0 N–H and O–H groups in total. The second-order valence-electron chi connectivity index (χ2n) is 29.0. The van der Waals surface area contributed by atoms with Gasteiger partial charge in [-0.3, -0.25) is 0 Å². The average molecular weight is 1290 g/mol. The zero-order valence-corrected chi connectivity index (χ0v) is 56.4. The van der Waals surface area contributed by atoms with E-state index in [1.165, 1.54) is 89.0 Å². The van der Waals surface area contributed by atoms with E-state index in [0.717, 1.165) is 111 Å².